The van der Waals surface area contributed by atoms with E-state index in [1.165, 1.54) is 36.9 Å². The summed E-state index contributed by atoms with van der Waals surface area (Å²) in [5.41, 5.74) is 10.5. The molecule has 0 amide bonds. The Morgan fingerprint density at radius 2 is 1.13 bits per heavy atom. The highest BCUT2D eigenvalue weighted by molar-refractivity contribution is 7.11. The number of methoxy groups -OCH3 is 2. The van der Waals surface area contributed by atoms with Gasteiger partial charge in [0.25, 0.3) is 0 Å². The number of allylic oxidation sites excluding steroid dienone is 7. The fourth-order valence-electron chi connectivity index (χ4n) is 6.80. The molecule has 8 bridgehead atoms. The largest absolute Gasteiger partial charge is 0.465 e. The lowest BCUT2D eigenvalue weighted by atomic mass is 9.99. The predicted molar refractivity (Wildman–Crippen MR) is 212 cm³/mol. The number of nitrogens with zero attached hydrogens (tertiary/aromatic N) is 5. The minimum atomic E-state index is -0.408. The molecule has 9 rings (SSSR count). The molecule has 12 heteroatoms. The molecule has 54 heavy (non-hydrogen) atoms. The van der Waals surface area contributed by atoms with Gasteiger partial charge in [0.1, 0.15) is 10.0 Å². The number of esters is 2. The van der Waals surface area contributed by atoms with Gasteiger partial charge in [-0.25, -0.2) is 29.5 Å². The zero-order chi connectivity index (χ0) is 36.8. The number of hydrogen-bond donors (Lipinski definition) is 1. The molecule has 0 spiro atoms. The number of nitrogens with one attached hydrogen (secondary N) is 1. The van der Waals surface area contributed by atoms with Crippen molar-refractivity contribution < 1.29 is 19.1 Å². The van der Waals surface area contributed by atoms with E-state index in [1.54, 1.807) is 36.7 Å². The van der Waals surface area contributed by atoms with Crippen LogP contribution in [0.4, 0.5) is 0 Å². The zero-order valence-corrected chi connectivity index (χ0v) is 30.5. The molecule has 10 nitrogen and oxygen atoms in total. The number of H-pyrrole nitrogens is 1. The van der Waals surface area contributed by atoms with E-state index in [0.29, 0.717) is 17.5 Å². The molecular formula is C42H28N6O4S2. The number of hydrogen-bond acceptors (Lipinski definition) is 11. The van der Waals surface area contributed by atoms with Gasteiger partial charge in [-0.3, -0.25) is 4.99 Å². The summed E-state index contributed by atoms with van der Waals surface area (Å²) in [6.45, 7) is 0. The van der Waals surface area contributed by atoms with Crippen molar-refractivity contribution in [3.05, 3.63) is 174 Å². The maximum Gasteiger partial charge on any atom is 0.337 e. The van der Waals surface area contributed by atoms with Crippen LogP contribution in [0.2, 0.25) is 0 Å². The van der Waals surface area contributed by atoms with Crippen molar-refractivity contribution in [3.63, 3.8) is 0 Å². The van der Waals surface area contributed by atoms with E-state index in [2.05, 4.69) is 11.1 Å². The normalized spacial score (nSPS) is 16.1. The van der Waals surface area contributed by atoms with Gasteiger partial charge >= 0.3 is 11.9 Å². The molecule has 5 aromatic rings. The Morgan fingerprint density at radius 3 is 1.69 bits per heavy atom. The molecule has 0 saturated heterocycles. The van der Waals surface area contributed by atoms with Crippen LogP contribution in [0.5, 0.6) is 0 Å². The highest BCUT2D eigenvalue weighted by Crippen LogP contribution is 2.39. The third-order valence-electron chi connectivity index (χ3n) is 9.30. The minimum Gasteiger partial charge on any atom is -0.465 e. The average Bonchev–Trinajstić information content (AvgIpc) is 4.06. The topological polar surface area (TPSA) is 131 Å². The molecule has 0 atom stereocenters. The van der Waals surface area contributed by atoms with Crippen LogP contribution in [0.25, 0.3) is 22.3 Å². The number of thiazole rings is 2. The SMILES string of the molecule is COC(=O)c1ccc(C2=C3C=CC(=N3)C(c3nccs3)=c3ccc([nH]3)=C(c3ccc(C(=O)OC)cc3)C3=NC(=C(c4nccs4)C4=NC2=CC4)C=C3)cc1. The molecule has 1 N–H and O–H groups in total. The molecule has 0 radical (unpaired) electrons. The summed E-state index contributed by atoms with van der Waals surface area (Å²) < 4.78 is 9.92. The molecule has 0 unspecified atom stereocenters. The number of carbonyl (C=O) groups excluding carboxylic acids is 2. The van der Waals surface area contributed by atoms with Crippen LogP contribution in [-0.2, 0) is 9.47 Å². The number of carbonyl (C=O) groups is 2. The number of ether oxygens (including phenoxy) is 2. The zero-order valence-electron chi connectivity index (χ0n) is 28.9. The molecule has 262 valence electrons. The van der Waals surface area contributed by atoms with Gasteiger partial charge in [-0.1, -0.05) is 30.3 Å². The van der Waals surface area contributed by atoms with Crippen LogP contribution < -0.4 is 10.7 Å². The Hall–Kier alpha value is -6.63. The monoisotopic (exact) mass is 744 g/mol. The molecule has 0 fully saturated rings. The van der Waals surface area contributed by atoms with E-state index in [0.717, 1.165) is 88.4 Å². The van der Waals surface area contributed by atoms with E-state index < -0.39 is 11.9 Å². The molecule has 7 heterocycles. The maximum absolute atomic E-state index is 12.3. The first-order valence-corrected chi connectivity index (χ1v) is 18.7. The van der Waals surface area contributed by atoms with Gasteiger partial charge in [-0.2, -0.15) is 0 Å². The molecule has 0 aliphatic carbocycles. The third kappa shape index (κ3) is 5.87. The lowest BCUT2D eigenvalue weighted by molar-refractivity contribution is 0.0592. The quantitative estimate of drug-likeness (QED) is 0.198. The Morgan fingerprint density at radius 1 is 0.611 bits per heavy atom. The highest BCUT2D eigenvalue weighted by atomic mass is 32.1. The fraction of sp³-hybridized carbons (Fsp3) is 0.0714. The van der Waals surface area contributed by atoms with Crippen LogP contribution in [0, 0.1) is 0 Å². The summed E-state index contributed by atoms with van der Waals surface area (Å²) in [5, 5.41) is 7.15. The Bertz CT molecular complexity index is 2760. The smallest absolute Gasteiger partial charge is 0.337 e. The molecule has 3 aromatic heterocycles. The van der Waals surface area contributed by atoms with Crippen LogP contribution in [0.3, 0.4) is 0 Å². The Balaban J connectivity index is 1.34. The van der Waals surface area contributed by atoms with Gasteiger partial charge in [-0.15, -0.1) is 22.7 Å². The number of aromatic amines is 1. The van der Waals surface area contributed by atoms with Gasteiger partial charge in [0.2, 0.25) is 0 Å². The Labute approximate surface area is 316 Å². The van der Waals surface area contributed by atoms with Crippen LogP contribution in [0.15, 0.2) is 146 Å². The molecule has 2 aromatic carbocycles. The van der Waals surface area contributed by atoms with Crippen molar-refractivity contribution in [1.82, 2.24) is 15.0 Å². The fourth-order valence-corrected chi connectivity index (χ4v) is 8.22. The predicted octanol–water partition coefficient (Wildman–Crippen LogP) is 6.49. The second kappa shape index (κ2) is 13.7. The summed E-state index contributed by atoms with van der Waals surface area (Å²) in [6.07, 6.45) is 14.2. The summed E-state index contributed by atoms with van der Waals surface area (Å²) >= 11 is 3.06. The van der Waals surface area contributed by atoms with Gasteiger partial charge in [0.15, 0.2) is 0 Å². The lowest BCUT2D eigenvalue weighted by Crippen LogP contribution is -2.21. The third-order valence-corrected chi connectivity index (χ3v) is 10.9. The van der Waals surface area contributed by atoms with Gasteiger partial charge < -0.3 is 14.5 Å². The number of benzene rings is 2. The first-order chi connectivity index (χ1) is 26.5. The van der Waals surface area contributed by atoms with E-state index in [1.807, 2.05) is 71.5 Å². The van der Waals surface area contributed by atoms with E-state index in [9.17, 15) is 9.59 Å². The molecular weight excluding hydrogens is 717 g/mol. The summed E-state index contributed by atoms with van der Waals surface area (Å²) in [7, 11) is 2.74. The summed E-state index contributed by atoms with van der Waals surface area (Å²) in [6, 6.07) is 18.7. The van der Waals surface area contributed by atoms with Crippen molar-refractivity contribution in [2.45, 2.75) is 6.42 Å². The minimum absolute atomic E-state index is 0.406. The van der Waals surface area contributed by atoms with Crippen LogP contribution in [0.1, 0.15) is 48.3 Å². The van der Waals surface area contributed by atoms with E-state index in [4.69, 9.17) is 34.4 Å². The molecule has 4 aliphatic heterocycles. The number of rotatable bonds is 6. The van der Waals surface area contributed by atoms with Crippen molar-refractivity contribution in [1.29, 1.82) is 0 Å². The number of aliphatic imine (C=N–C) groups is 3. The van der Waals surface area contributed by atoms with Crippen molar-refractivity contribution in [3.8, 4) is 0 Å². The second-order valence-electron chi connectivity index (χ2n) is 12.4. The van der Waals surface area contributed by atoms with Crippen LogP contribution >= 0.6 is 22.7 Å². The lowest BCUT2D eigenvalue weighted by Gasteiger charge is -2.11. The Kier molecular flexibility index (Phi) is 8.45. The van der Waals surface area contributed by atoms with Gasteiger partial charge in [0, 0.05) is 46.1 Å². The van der Waals surface area contributed by atoms with Crippen molar-refractivity contribution in [2.24, 2.45) is 15.0 Å². The standard InChI is InChI=1S/C42H28N6O4S2/c1-51-41(49)25-7-3-23(4-8-25)35-27-11-15-31(45-27)37(39-43-19-21-53-39)33-17-13-29(47-33)36(24-5-9-26(10-6-24)42(50)52-2)30-14-18-34(48-30)38(40-44-20-22-54-40)32-16-12-28(35)46-32/h3-17,19-22,45H,18H2,1-2H3. The number of aromatic nitrogens is 3. The first-order valence-electron chi connectivity index (χ1n) is 16.9. The highest BCUT2D eigenvalue weighted by Gasteiger charge is 2.27. The summed E-state index contributed by atoms with van der Waals surface area (Å²) in [4.78, 5) is 53.5. The van der Waals surface area contributed by atoms with E-state index >= 15 is 0 Å². The van der Waals surface area contributed by atoms with Gasteiger partial charge in [0.05, 0.1) is 76.1 Å². The maximum atomic E-state index is 12.3. The van der Waals surface area contributed by atoms with Gasteiger partial charge in [-0.05, 0) is 71.8 Å². The van der Waals surface area contributed by atoms with E-state index in [-0.39, 0.29) is 0 Å². The number of fused-ring (bicyclic) bond motifs is 5. The summed E-state index contributed by atoms with van der Waals surface area (Å²) in [5.74, 6) is -0.814. The second-order valence-corrected chi connectivity index (χ2v) is 14.2. The molecule has 4 aliphatic rings. The van der Waals surface area contributed by atoms with Crippen molar-refractivity contribution in [2.75, 3.05) is 14.2 Å². The molecule has 0 saturated carbocycles. The average molecular weight is 745 g/mol. The van der Waals surface area contributed by atoms with Crippen LogP contribution in [-0.4, -0.2) is 58.2 Å². The van der Waals surface area contributed by atoms with Crippen molar-refractivity contribution >= 4 is 74.0 Å². The first kappa shape index (κ1) is 33.2.